The normalized spacial score (nSPS) is 10.2. The van der Waals surface area contributed by atoms with Gasteiger partial charge in [0.1, 0.15) is 5.82 Å². The number of anilines is 3. The number of nitrogens with one attached hydrogen (secondary N) is 2. The molecule has 2 heterocycles. The molecule has 0 bridgehead atoms. The standard InChI is InChI=1S/C15H13FN6/c16-12-4-1-5-13(7-12)20-14-10-19-22-15(21-14)18-9-11-3-2-6-17-8-11/h1-8,10H,9H2,(H2,18,20,21,22). The molecule has 110 valence electrons. The van der Waals surface area contributed by atoms with E-state index in [-0.39, 0.29) is 5.82 Å². The van der Waals surface area contributed by atoms with Crippen molar-refractivity contribution in [3.8, 4) is 0 Å². The molecule has 0 saturated heterocycles. The van der Waals surface area contributed by atoms with Crippen LogP contribution in [0.3, 0.4) is 0 Å². The highest BCUT2D eigenvalue weighted by molar-refractivity contribution is 5.55. The average Bonchev–Trinajstić information content (AvgIpc) is 2.54. The summed E-state index contributed by atoms with van der Waals surface area (Å²) in [4.78, 5) is 8.31. The van der Waals surface area contributed by atoms with E-state index in [1.165, 1.54) is 18.3 Å². The first-order chi connectivity index (χ1) is 10.8. The van der Waals surface area contributed by atoms with Crippen molar-refractivity contribution in [3.63, 3.8) is 0 Å². The first-order valence-corrected chi connectivity index (χ1v) is 6.65. The Bertz CT molecular complexity index is 750. The van der Waals surface area contributed by atoms with Crippen LogP contribution in [0.25, 0.3) is 0 Å². The maximum atomic E-state index is 13.2. The van der Waals surface area contributed by atoms with Crippen molar-refractivity contribution in [1.29, 1.82) is 0 Å². The summed E-state index contributed by atoms with van der Waals surface area (Å²) in [5.74, 6) is 0.543. The molecule has 0 saturated carbocycles. The lowest BCUT2D eigenvalue weighted by Crippen LogP contribution is -2.06. The molecule has 0 unspecified atom stereocenters. The lowest BCUT2D eigenvalue weighted by molar-refractivity contribution is 0.628. The minimum Gasteiger partial charge on any atom is -0.349 e. The summed E-state index contributed by atoms with van der Waals surface area (Å²) < 4.78 is 13.2. The Labute approximate surface area is 126 Å². The van der Waals surface area contributed by atoms with E-state index in [1.807, 2.05) is 12.1 Å². The Kier molecular flexibility index (Phi) is 4.15. The zero-order chi connectivity index (χ0) is 15.2. The summed E-state index contributed by atoms with van der Waals surface area (Å²) in [5, 5.41) is 13.8. The summed E-state index contributed by atoms with van der Waals surface area (Å²) in [6, 6.07) is 9.93. The highest BCUT2D eigenvalue weighted by atomic mass is 19.1. The van der Waals surface area contributed by atoms with Gasteiger partial charge in [-0.1, -0.05) is 12.1 Å². The highest BCUT2D eigenvalue weighted by Crippen LogP contribution is 2.15. The maximum Gasteiger partial charge on any atom is 0.244 e. The second kappa shape index (κ2) is 6.57. The van der Waals surface area contributed by atoms with Crippen LogP contribution in [0.5, 0.6) is 0 Å². The van der Waals surface area contributed by atoms with E-state index >= 15 is 0 Å². The fourth-order valence-electron chi connectivity index (χ4n) is 1.84. The molecule has 3 aromatic rings. The molecule has 0 radical (unpaired) electrons. The second-order valence-corrected chi connectivity index (χ2v) is 4.52. The van der Waals surface area contributed by atoms with Crippen molar-refractivity contribution < 1.29 is 4.39 Å². The summed E-state index contributed by atoms with van der Waals surface area (Å²) in [6.07, 6.45) is 4.94. The Morgan fingerprint density at radius 1 is 1.09 bits per heavy atom. The van der Waals surface area contributed by atoms with Crippen molar-refractivity contribution >= 4 is 17.5 Å². The summed E-state index contributed by atoms with van der Waals surface area (Å²) >= 11 is 0. The molecule has 0 fully saturated rings. The lowest BCUT2D eigenvalue weighted by atomic mass is 10.3. The molecular formula is C15H13FN6. The largest absolute Gasteiger partial charge is 0.349 e. The molecule has 3 rings (SSSR count). The van der Waals surface area contributed by atoms with Crippen LogP contribution >= 0.6 is 0 Å². The van der Waals surface area contributed by atoms with Gasteiger partial charge in [-0.3, -0.25) is 4.98 Å². The molecule has 7 heteroatoms. The minimum absolute atomic E-state index is 0.318. The molecule has 2 aromatic heterocycles. The molecule has 1 aromatic carbocycles. The SMILES string of the molecule is Fc1cccc(Nc2cnnc(NCc3cccnc3)n2)c1. The number of benzene rings is 1. The first-order valence-electron chi connectivity index (χ1n) is 6.65. The molecular weight excluding hydrogens is 283 g/mol. The number of halogens is 1. The maximum absolute atomic E-state index is 13.2. The lowest BCUT2D eigenvalue weighted by Gasteiger charge is -2.07. The van der Waals surface area contributed by atoms with Gasteiger partial charge in [0, 0.05) is 24.6 Å². The van der Waals surface area contributed by atoms with Crippen LogP contribution in [0, 0.1) is 5.82 Å². The predicted molar refractivity (Wildman–Crippen MR) is 81.1 cm³/mol. The van der Waals surface area contributed by atoms with Crippen LogP contribution < -0.4 is 10.6 Å². The van der Waals surface area contributed by atoms with E-state index in [0.29, 0.717) is 24.0 Å². The van der Waals surface area contributed by atoms with Gasteiger partial charge in [0.05, 0.1) is 6.20 Å². The van der Waals surface area contributed by atoms with E-state index in [0.717, 1.165) is 5.56 Å². The minimum atomic E-state index is -0.318. The first kappa shape index (κ1) is 13.9. The smallest absolute Gasteiger partial charge is 0.244 e. The van der Waals surface area contributed by atoms with E-state index in [2.05, 4.69) is 30.8 Å². The molecule has 0 aliphatic rings. The van der Waals surface area contributed by atoms with Crippen LogP contribution in [-0.2, 0) is 6.54 Å². The monoisotopic (exact) mass is 296 g/mol. The van der Waals surface area contributed by atoms with Crippen LogP contribution in [-0.4, -0.2) is 20.2 Å². The summed E-state index contributed by atoms with van der Waals surface area (Å²) in [5.41, 5.74) is 1.60. The Morgan fingerprint density at radius 3 is 2.86 bits per heavy atom. The number of pyridine rings is 1. The number of hydrogen-bond donors (Lipinski definition) is 2. The van der Waals surface area contributed by atoms with Crippen LogP contribution in [0.15, 0.2) is 55.0 Å². The summed E-state index contributed by atoms with van der Waals surface area (Å²) in [7, 11) is 0. The molecule has 0 aliphatic carbocycles. The van der Waals surface area contributed by atoms with Crippen molar-refractivity contribution in [1.82, 2.24) is 20.2 Å². The average molecular weight is 296 g/mol. The van der Waals surface area contributed by atoms with Crippen LogP contribution in [0.4, 0.5) is 21.8 Å². The molecule has 2 N–H and O–H groups in total. The Balaban J connectivity index is 1.67. The number of nitrogens with zero attached hydrogens (tertiary/aromatic N) is 4. The van der Waals surface area contributed by atoms with Crippen molar-refractivity contribution in [2.75, 3.05) is 10.6 Å². The van der Waals surface area contributed by atoms with E-state index in [1.54, 1.807) is 24.5 Å². The molecule has 0 aliphatic heterocycles. The molecule has 0 atom stereocenters. The van der Waals surface area contributed by atoms with Gasteiger partial charge in [0.25, 0.3) is 0 Å². The molecule has 0 spiro atoms. The zero-order valence-electron chi connectivity index (χ0n) is 11.6. The van der Waals surface area contributed by atoms with Crippen LogP contribution in [0.2, 0.25) is 0 Å². The summed E-state index contributed by atoms with van der Waals surface area (Å²) in [6.45, 7) is 0.541. The zero-order valence-corrected chi connectivity index (χ0v) is 11.6. The van der Waals surface area contributed by atoms with Gasteiger partial charge in [-0.25, -0.2) is 4.39 Å². The Hall–Kier alpha value is -3.09. The van der Waals surface area contributed by atoms with E-state index in [4.69, 9.17) is 0 Å². The number of hydrogen-bond acceptors (Lipinski definition) is 6. The van der Waals surface area contributed by atoms with E-state index in [9.17, 15) is 4.39 Å². The predicted octanol–water partition coefficient (Wildman–Crippen LogP) is 2.76. The quantitative estimate of drug-likeness (QED) is 0.754. The third-order valence-electron chi connectivity index (χ3n) is 2.83. The van der Waals surface area contributed by atoms with Crippen molar-refractivity contribution in [3.05, 3.63) is 66.4 Å². The topological polar surface area (TPSA) is 75.6 Å². The third-order valence-corrected chi connectivity index (χ3v) is 2.83. The van der Waals surface area contributed by atoms with Gasteiger partial charge in [0.2, 0.25) is 5.95 Å². The van der Waals surface area contributed by atoms with Crippen molar-refractivity contribution in [2.24, 2.45) is 0 Å². The van der Waals surface area contributed by atoms with Gasteiger partial charge >= 0.3 is 0 Å². The molecule has 22 heavy (non-hydrogen) atoms. The van der Waals surface area contributed by atoms with Gasteiger partial charge in [-0.05, 0) is 29.8 Å². The second-order valence-electron chi connectivity index (χ2n) is 4.52. The van der Waals surface area contributed by atoms with Gasteiger partial charge in [0.15, 0.2) is 5.82 Å². The number of aromatic nitrogens is 4. The van der Waals surface area contributed by atoms with Gasteiger partial charge < -0.3 is 10.6 Å². The van der Waals surface area contributed by atoms with Crippen molar-refractivity contribution in [2.45, 2.75) is 6.54 Å². The fraction of sp³-hybridized carbons (Fsp3) is 0.0667. The fourth-order valence-corrected chi connectivity index (χ4v) is 1.84. The molecule has 0 amide bonds. The Morgan fingerprint density at radius 2 is 2.05 bits per heavy atom. The van der Waals surface area contributed by atoms with Gasteiger partial charge in [-0.15, -0.1) is 5.10 Å². The third kappa shape index (κ3) is 3.72. The van der Waals surface area contributed by atoms with Crippen LogP contribution in [0.1, 0.15) is 5.56 Å². The number of rotatable bonds is 5. The van der Waals surface area contributed by atoms with Gasteiger partial charge in [-0.2, -0.15) is 10.1 Å². The molecule has 6 nitrogen and oxygen atoms in total. The highest BCUT2D eigenvalue weighted by Gasteiger charge is 2.02. The van der Waals surface area contributed by atoms with E-state index < -0.39 is 0 Å².